The van der Waals surface area contributed by atoms with Crippen molar-refractivity contribution in [2.24, 2.45) is 5.10 Å². The fourth-order valence-corrected chi connectivity index (χ4v) is 4.63. The summed E-state index contributed by atoms with van der Waals surface area (Å²) in [6.45, 7) is 7.45. The molecule has 0 saturated carbocycles. The summed E-state index contributed by atoms with van der Waals surface area (Å²) in [5.41, 5.74) is 4.57. The Hall–Kier alpha value is -3.72. The van der Waals surface area contributed by atoms with Gasteiger partial charge in [0.05, 0.1) is 44.8 Å². The fraction of sp³-hybridized carbons (Fsp3) is 0.393. The number of nitrogens with zero attached hydrogens (tertiary/aromatic N) is 1. The summed E-state index contributed by atoms with van der Waals surface area (Å²) in [5.74, 6) is 1.29. The van der Waals surface area contributed by atoms with E-state index in [0.29, 0.717) is 46.4 Å². The number of urea groups is 1. The number of ether oxygens (including phenoxy) is 5. The van der Waals surface area contributed by atoms with Crippen molar-refractivity contribution < 1.29 is 38.4 Å². The number of halogens is 1. The maximum atomic E-state index is 12.4. The van der Waals surface area contributed by atoms with Crippen molar-refractivity contribution in [3.63, 3.8) is 0 Å². The average Bonchev–Trinajstić information content (AvgIpc) is 2.92. The molecule has 0 spiro atoms. The molecular formula is C28H35IN4O8. The number of hydrogen-bond donors (Lipinski definition) is 4. The molecule has 2 atom stereocenters. The van der Waals surface area contributed by atoms with Crippen LogP contribution in [0.5, 0.6) is 23.0 Å². The fourth-order valence-electron chi connectivity index (χ4n) is 4.01. The minimum absolute atomic E-state index is 0.0767. The van der Waals surface area contributed by atoms with Gasteiger partial charge in [0.1, 0.15) is 6.61 Å². The van der Waals surface area contributed by atoms with E-state index >= 15 is 0 Å². The molecule has 222 valence electrons. The lowest BCUT2D eigenvalue weighted by Gasteiger charge is -2.28. The van der Waals surface area contributed by atoms with Crippen LogP contribution in [-0.4, -0.2) is 63.1 Å². The van der Waals surface area contributed by atoms with E-state index < -0.39 is 24.3 Å². The van der Waals surface area contributed by atoms with E-state index in [1.165, 1.54) is 13.3 Å². The van der Waals surface area contributed by atoms with Gasteiger partial charge in [-0.2, -0.15) is 5.10 Å². The summed E-state index contributed by atoms with van der Waals surface area (Å²) in [5, 5.41) is 19.9. The Bertz CT molecular complexity index is 1310. The van der Waals surface area contributed by atoms with Crippen molar-refractivity contribution in [2.45, 2.75) is 46.1 Å². The molecule has 3 rings (SSSR count). The number of rotatable bonds is 13. The van der Waals surface area contributed by atoms with Crippen LogP contribution in [0.3, 0.4) is 0 Å². The van der Waals surface area contributed by atoms with Crippen LogP contribution < -0.4 is 35.0 Å². The maximum Gasteiger partial charge on any atom is 0.337 e. The Morgan fingerprint density at radius 1 is 1.17 bits per heavy atom. The van der Waals surface area contributed by atoms with E-state index in [9.17, 15) is 14.7 Å². The average molecular weight is 683 g/mol. The smallest absolute Gasteiger partial charge is 0.337 e. The summed E-state index contributed by atoms with van der Waals surface area (Å²) < 4.78 is 28.8. The van der Waals surface area contributed by atoms with Gasteiger partial charge in [0.2, 0.25) is 0 Å². The predicted molar refractivity (Wildman–Crippen MR) is 160 cm³/mol. The minimum atomic E-state index is -1.15. The van der Waals surface area contributed by atoms with E-state index in [0.717, 1.165) is 3.57 Å². The molecule has 0 unspecified atom stereocenters. The van der Waals surface area contributed by atoms with Gasteiger partial charge in [-0.1, -0.05) is 6.07 Å². The number of hydrogen-bond acceptors (Lipinski definition) is 10. The second kappa shape index (κ2) is 14.8. The number of methoxy groups -OCH3 is 2. The van der Waals surface area contributed by atoms with E-state index in [1.54, 1.807) is 32.2 Å². The standard InChI is InChI=1S/C28H35IN4O8/c1-7-39-21-11-17(25-24(27(35)38-6)16(4)31-28(36)32-25)8-9-20(21)40-14-23(34)33-30-13-18-10-19(29)12-22(37-5)26(18)41-15(2)3/h8-13,15,23,25,33-34H,7,14H2,1-6H3,(H2,31,32,36)/b30-13+/t23-,25+/m1/s1. The third-order valence-corrected chi connectivity index (χ3v) is 6.34. The predicted octanol–water partition coefficient (Wildman–Crippen LogP) is 3.61. The van der Waals surface area contributed by atoms with Crippen LogP contribution in [0.15, 0.2) is 46.7 Å². The molecule has 1 aliphatic heterocycles. The molecule has 4 N–H and O–H groups in total. The van der Waals surface area contributed by atoms with Crippen molar-refractivity contribution in [3.8, 4) is 23.0 Å². The summed E-state index contributed by atoms with van der Waals surface area (Å²) >= 11 is 2.18. The van der Waals surface area contributed by atoms with Crippen LogP contribution in [0.4, 0.5) is 4.79 Å². The van der Waals surface area contributed by atoms with E-state index in [-0.39, 0.29) is 18.3 Å². The molecule has 0 aromatic heterocycles. The zero-order valence-corrected chi connectivity index (χ0v) is 25.9. The highest BCUT2D eigenvalue weighted by molar-refractivity contribution is 14.1. The number of carbonyl (C=O) groups is 2. The Morgan fingerprint density at radius 2 is 1.93 bits per heavy atom. The van der Waals surface area contributed by atoms with Crippen LogP contribution in [0, 0.1) is 3.57 Å². The highest BCUT2D eigenvalue weighted by Gasteiger charge is 2.32. The van der Waals surface area contributed by atoms with Crippen molar-refractivity contribution in [3.05, 3.63) is 56.3 Å². The number of allylic oxidation sites excluding steroid dienone is 1. The lowest BCUT2D eigenvalue weighted by molar-refractivity contribution is -0.136. The summed E-state index contributed by atoms with van der Waals surface area (Å²) in [7, 11) is 2.85. The largest absolute Gasteiger partial charge is 0.493 e. The summed E-state index contributed by atoms with van der Waals surface area (Å²) in [4.78, 5) is 24.6. The number of aliphatic hydroxyl groups is 1. The van der Waals surface area contributed by atoms with Crippen LogP contribution >= 0.6 is 22.6 Å². The molecule has 0 saturated heterocycles. The van der Waals surface area contributed by atoms with Gasteiger partial charge < -0.3 is 39.4 Å². The first-order valence-corrected chi connectivity index (χ1v) is 13.9. The van der Waals surface area contributed by atoms with Gasteiger partial charge in [-0.3, -0.25) is 5.43 Å². The topological polar surface area (TPSA) is 149 Å². The molecule has 0 fully saturated rings. The molecule has 0 radical (unpaired) electrons. The molecule has 1 aliphatic rings. The number of nitrogens with one attached hydrogen (secondary N) is 3. The number of aliphatic hydroxyl groups excluding tert-OH is 1. The Kier molecular flexibility index (Phi) is 11.5. The molecule has 1 heterocycles. The third-order valence-electron chi connectivity index (χ3n) is 5.72. The first-order valence-electron chi connectivity index (χ1n) is 12.8. The summed E-state index contributed by atoms with van der Waals surface area (Å²) in [6, 6.07) is 7.56. The highest BCUT2D eigenvalue weighted by atomic mass is 127. The van der Waals surface area contributed by atoms with Crippen LogP contribution in [0.25, 0.3) is 0 Å². The molecule has 0 aliphatic carbocycles. The Morgan fingerprint density at radius 3 is 2.59 bits per heavy atom. The van der Waals surface area contributed by atoms with Crippen molar-refractivity contribution in [1.82, 2.24) is 16.1 Å². The zero-order chi connectivity index (χ0) is 30.1. The Labute approximate surface area is 252 Å². The molecule has 2 aromatic carbocycles. The van der Waals surface area contributed by atoms with E-state index in [2.05, 4.69) is 43.8 Å². The zero-order valence-electron chi connectivity index (χ0n) is 23.7. The molecule has 13 heteroatoms. The number of benzene rings is 2. The number of carbonyl (C=O) groups excluding carboxylic acids is 2. The van der Waals surface area contributed by atoms with Gasteiger partial charge in [0, 0.05) is 14.8 Å². The lowest BCUT2D eigenvalue weighted by atomic mass is 9.95. The number of hydrazone groups is 1. The molecule has 41 heavy (non-hydrogen) atoms. The Balaban J connectivity index is 1.73. The highest BCUT2D eigenvalue weighted by Crippen LogP contribution is 2.35. The molecule has 2 amide bonds. The van der Waals surface area contributed by atoms with Crippen molar-refractivity contribution in [2.75, 3.05) is 27.4 Å². The SMILES string of the molecule is CCOc1cc([C@@H]2NC(=O)NC(C)=C2C(=O)OC)ccc1OC[C@@H](O)N/N=C/c1cc(I)cc(OC)c1OC(C)C. The van der Waals surface area contributed by atoms with Gasteiger partial charge in [0.25, 0.3) is 0 Å². The van der Waals surface area contributed by atoms with Crippen molar-refractivity contribution >= 4 is 40.8 Å². The van der Waals surface area contributed by atoms with Crippen molar-refractivity contribution in [1.29, 1.82) is 0 Å². The normalized spacial score (nSPS) is 15.7. The van der Waals surface area contributed by atoms with Gasteiger partial charge in [0.15, 0.2) is 29.2 Å². The van der Waals surface area contributed by atoms with Gasteiger partial charge >= 0.3 is 12.0 Å². The molecule has 12 nitrogen and oxygen atoms in total. The first kappa shape index (κ1) is 31.8. The van der Waals surface area contributed by atoms with Crippen LogP contribution in [-0.2, 0) is 9.53 Å². The molecule has 2 aromatic rings. The third kappa shape index (κ3) is 8.39. The van der Waals surface area contributed by atoms with Gasteiger partial charge in [-0.05, 0) is 80.1 Å². The second-order valence-electron chi connectivity index (χ2n) is 9.11. The minimum Gasteiger partial charge on any atom is -0.493 e. The van der Waals surface area contributed by atoms with Crippen LogP contribution in [0.1, 0.15) is 44.9 Å². The quantitative estimate of drug-likeness (QED) is 0.0818. The van der Waals surface area contributed by atoms with Gasteiger partial charge in [-0.15, -0.1) is 0 Å². The van der Waals surface area contributed by atoms with E-state index in [4.69, 9.17) is 23.7 Å². The maximum absolute atomic E-state index is 12.4. The molecular weight excluding hydrogens is 647 g/mol. The second-order valence-corrected chi connectivity index (χ2v) is 10.4. The number of esters is 1. The van der Waals surface area contributed by atoms with Crippen LogP contribution in [0.2, 0.25) is 0 Å². The number of amides is 2. The van der Waals surface area contributed by atoms with Gasteiger partial charge in [-0.25, -0.2) is 9.59 Å². The first-order chi connectivity index (χ1) is 19.6. The van der Waals surface area contributed by atoms with E-state index in [1.807, 2.05) is 32.9 Å². The summed E-state index contributed by atoms with van der Waals surface area (Å²) in [6.07, 6.45) is 0.306. The lowest BCUT2D eigenvalue weighted by Crippen LogP contribution is -2.45. The monoisotopic (exact) mass is 682 g/mol. The molecule has 0 bridgehead atoms.